The first kappa shape index (κ1) is 20.1. The monoisotopic (exact) mass is 446 g/mol. The number of hydrogen-bond acceptors (Lipinski definition) is 4. The number of nitrogens with one attached hydrogen (secondary N) is 1. The standard InChI is InChI=1S/C21H19ClN2O3S2/c22-18-9-7-15(8-10-18)13-23-21(25)19-12-16-4-1-2-5-17(16)14-24(19)29(26,27)20-6-3-11-28-20/h1-11,19H,12-14H2,(H,23,25). The molecule has 29 heavy (non-hydrogen) atoms. The van der Waals surface area contributed by atoms with Crippen LogP contribution in [0.3, 0.4) is 0 Å². The van der Waals surface area contributed by atoms with Gasteiger partial charge in [-0.3, -0.25) is 4.79 Å². The fourth-order valence-corrected chi connectivity index (χ4v) is 6.22. The third-order valence-electron chi connectivity index (χ3n) is 4.95. The van der Waals surface area contributed by atoms with Crippen molar-refractivity contribution in [2.45, 2.75) is 29.8 Å². The number of hydrogen-bond donors (Lipinski definition) is 1. The number of thiophene rings is 1. The predicted octanol–water partition coefficient (Wildman–Crippen LogP) is 3.83. The van der Waals surface area contributed by atoms with Crippen molar-refractivity contribution in [3.8, 4) is 0 Å². The molecule has 1 aromatic heterocycles. The average molecular weight is 447 g/mol. The Labute approximate surface area is 179 Å². The van der Waals surface area contributed by atoms with Crippen LogP contribution < -0.4 is 5.32 Å². The highest BCUT2D eigenvalue weighted by Gasteiger charge is 2.39. The van der Waals surface area contributed by atoms with Gasteiger partial charge in [0.25, 0.3) is 10.0 Å². The summed E-state index contributed by atoms with van der Waals surface area (Å²) in [6.45, 7) is 0.483. The van der Waals surface area contributed by atoms with E-state index in [9.17, 15) is 13.2 Å². The molecule has 0 aliphatic carbocycles. The Morgan fingerprint density at radius 1 is 1.07 bits per heavy atom. The van der Waals surface area contributed by atoms with Gasteiger partial charge >= 0.3 is 0 Å². The summed E-state index contributed by atoms with van der Waals surface area (Å²) >= 11 is 7.06. The normalized spacial score (nSPS) is 16.9. The smallest absolute Gasteiger partial charge is 0.253 e. The van der Waals surface area contributed by atoms with E-state index in [0.29, 0.717) is 18.0 Å². The lowest BCUT2D eigenvalue weighted by molar-refractivity contribution is -0.125. The maximum Gasteiger partial charge on any atom is 0.253 e. The maximum atomic E-state index is 13.2. The number of carbonyl (C=O) groups is 1. The van der Waals surface area contributed by atoms with Crippen LogP contribution in [0.2, 0.25) is 5.02 Å². The van der Waals surface area contributed by atoms with E-state index in [-0.39, 0.29) is 16.7 Å². The maximum absolute atomic E-state index is 13.2. The Hall–Kier alpha value is -2.19. The Kier molecular flexibility index (Phi) is 5.74. The number of carbonyl (C=O) groups excluding carboxylic acids is 1. The summed E-state index contributed by atoms with van der Waals surface area (Å²) in [4.78, 5) is 13.0. The Balaban J connectivity index is 1.61. The minimum atomic E-state index is -3.77. The van der Waals surface area contributed by atoms with Crippen molar-refractivity contribution in [1.29, 1.82) is 0 Å². The van der Waals surface area contributed by atoms with E-state index in [1.807, 2.05) is 36.4 Å². The molecule has 4 rings (SSSR count). The largest absolute Gasteiger partial charge is 0.351 e. The van der Waals surface area contributed by atoms with Gasteiger partial charge in [0.1, 0.15) is 10.3 Å². The van der Waals surface area contributed by atoms with Gasteiger partial charge in [-0.1, -0.05) is 54.1 Å². The highest BCUT2D eigenvalue weighted by atomic mass is 35.5. The lowest BCUT2D eigenvalue weighted by Gasteiger charge is -2.34. The van der Waals surface area contributed by atoms with Gasteiger partial charge in [-0.05, 0) is 46.7 Å². The van der Waals surface area contributed by atoms with Crippen LogP contribution >= 0.6 is 22.9 Å². The van der Waals surface area contributed by atoms with Crippen molar-refractivity contribution in [2.75, 3.05) is 0 Å². The third kappa shape index (κ3) is 4.23. The first-order valence-corrected chi connectivity index (χ1v) is 11.8. The molecular weight excluding hydrogens is 428 g/mol. The van der Waals surface area contributed by atoms with Gasteiger partial charge in [-0.2, -0.15) is 4.31 Å². The van der Waals surface area contributed by atoms with Crippen molar-refractivity contribution in [3.05, 3.63) is 87.8 Å². The second-order valence-corrected chi connectivity index (χ2v) is 10.3. The average Bonchev–Trinajstić information content (AvgIpc) is 3.28. The van der Waals surface area contributed by atoms with Crippen molar-refractivity contribution in [3.63, 3.8) is 0 Å². The van der Waals surface area contributed by atoms with Crippen LogP contribution in [0.1, 0.15) is 16.7 Å². The molecule has 0 spiro atoms. The van der Waals surface area contributed by atoms with Crippen molar-refractivity contribution in [2.24, 2.45) is 0 Å². The molecular formula is C21H19ClN2O3S2. The van der Waals surface area contributed by atoms with Crippen LogP contribution in [0.5, 0.6) is 0 Å². The number of nitrogens with zero attached hydrogens (tertiary/aromatic N) is 1. The lowest BCUT2D eigenvalue weighted by Crippen LogP contribution is -2.52. The summed E-state index contributed by atoms with van der Waals surface area (Å²) in [6.07, 6.45) is 0.341. The van der Waals surface area contributed by atoms with Gasteiger partial charge in [0.2, 0.25) is 5.91 Å². The predicted molar refractivity (Wildman–Crippen MR) is 114 cm³/mol. The van der Waals surface area contributed by atoms with E-state index >= 15 is 0 Å². The summed E-state index contributed by atoms with van der Waals surface area (Å²) < 4.78 is 28.0. The molecule has 1 atom stereocenters. The number of halogens is 1. The molecule has 150 valence electrons. The zero-order valence-corrected chi connectivity index (χ0v) is 17.8. The SMILES string of the molecule is O=C(NCc1ccc(Cl)cc1)C1Cc2ccccc2CN1S(=O)(=O)c1cccs1. The van der Waals surface area contributed by atoms with Gasteiger partial charge in [0.05, 0.1) is 0 Å². The first-order valence-electron chi connectivity index (χ1n) is 9.09. The van der Waals surface area contributed by atoms with Gasteiger partial charge in [-0.25, -0.2) is 8.42 Å². The Morgan fingerprint density at radius 2 is 1.79 bits per heavy atom. The van der Waals surface area contributed by atoms with Gasteiger partial charge in [0.15, 0.2) is 0 Å². The summed E-state index contributed by atoms with van der Waals surface area (Å²) in [5.74, 6) is -0.311. The highest BCUT2D eigenvalue weighted by molar-refractivity contribution is 7.91. The van der Waals surface area contributed by atoms with Crippen LogP contribution in [0.15, 0.2) is 70.3 Å². The van der Waals surface area contributed by atoms with E-state index in [1.54, 1.807) is 29.6 Å². The van der Waals surface area contributed by atoms with E-state index in [1.165, 1.54) is 4.31 Å². The number of benzene rings is 2. The minimum absolute atomic E-state index is 0.176. The molecule has 0 saturated carbocycles. The molecule has 0 bridgehead atoms. The van der Waals surface area contributed by atoms with E-state index in [4.69, 9.17) is 11.6 Å². The van der Waals surface area contributed by atoms with Crippen LogP contribution in [0.25, 0.3) is 0 Å². The van der Waals surface area contributed by atoms with Crippen molar-refractivity contribution >= 4 is 38.9 Å². The molecule has 1 aliphatic heterocycles. The number of fused-ring (bicyclic) bond motifs is 1. The van der Waals surface area contributed by atoms with Crippen LogP contribution in [-0.4, -0.2) is 24.7 Å². The van der Waals surface area contributed by atoms with Gasteiger partial charge in [0, 0.05) is 18.1 Å². The first-order chi connectivity index (χ1) is 13.9. The van der Waals surface area contributed by atoms with Gasteiger partial charge in [-0.15, -0.1) is 11.3 Å². The number of rotatable bonds is 5. The van der Waals surface area contributed by atoms with Crippen molar-refractivity contribution < 1.29 is 13.2 Å². The summed E-state index contributed by atoms with van der Waals surface area (Å²) in [5, 5.41) is 5.23. The van der Waals surface area contributed by atoms with E-state index in [0.717, 1.165) is 28.0 Å². The molecule has 3 aromatic rings. The lowest BCUT2D eigenvalue weighted by atomic mass is 9.95. The zero-order chi connectivity index (χ0) is 20.4. The Morgan fingerprint density at radius 3 is 2.48 bits per heavy atom. The molecule has 1 N–H and O–H groups in total. The van der Waals surface area contributed by atoms with Crippen LogP contribution in [0.4, 0.5) is 0 Å². The van der Waals surface area contributed by atoms with Crippen LogP contribution in [-0.2, 0) is 34.3 Å². The second-order valence-electron chi connectivity index (χ2n) is 6.82. The van der Waals surface area contributed by atoms with E-state index in [2.05, 4.69) is 5.32 Å². The fraction of sp³-hybridized carbons (Fsp3) is 0.190. The minimum Gasteiger partial charge on any atom is -0.351 e. The molecule has 0 fully saturated rings. The summed E-state index contributed by atoms with van der Waals surface area (Å²) in [6, 6.07) is 17.3. The highest BCUT2D eigenvalue weighted by Crippen LogP contribution is 2.31. The second kappa shape index (κ2) is 8.28. The summed E-state index contributed by atoms with van der Waals surface area (Å²) in [5.41, 5.74) is 2.82. The molecule has 5 nitrogen and oxygen atoms in total. The van der Waals surface area contributed by atoms with Gasteiger partial charge < -0.3 is 5.32 Å². The molecule has 1 amide bonds. The molecule has 1 aliphatic rings. The van der Waals surface area contributed by atoms with Crippen LogP contribution in [0, 0.1) is 0 Å². The van der Waals surface area contributed by atoms with Crippen molar-refractivity contribution in [1.82, 2.24) is 9.62 Å². The Bertz CT molecular complexity index is 1110. The summed E-state index contributed by atoms with van der Waals surface area (Å²) in [7, 11) is -3.77. The fourth-order valence-electron chi connectivity index (χ4n) is 3.41. The topological polar surface area (TPSA) is 66.5 Å². The van der Waals surface area contributed by atoms with E-state index < -0.39 is 16.1 Å². The molecule has 2 aromatic carbocycles. The molecule has 0 saturated heterocycles. The molecule has 2 heterocycles. The zero-order valence-electron chi connectivity index (χ0n) is 15.4. The third-order valence-corrected chi connectivity index (χ3v) is 8.43. The molecule has 1 unspecified atom stereocenters. The quantitative estimate of drug-likeness (QED) is 0.647. The number of sulfonamides is 1. The molecule has 8 heteroatoms. The number of amides is 1. The molecule has 0 radical (unpaired) electrons.